The average Bonchev–Trinajstić information content (AvgIpc) is 2.88. The first-order valence-electron chi connectivity index (χ1n) is 16.9. The minimum Gasteiger partial charge on any atom is -0.466 e. The van der Waals surface area contributed by atoms with Gasteiger partial charge in [-0.3, -0.25) is 4.79 Å². The van der Waals surface area contributed by atoms with E-state index in [-0.39, 0.29) is 5.97 Å². The molecule has 0 saturated carbocycles. The van der Waals surface area contributed by atoms with Gasteiger partial charge in [0.2, 0.25) is 0 Å². The minimum absolute atomic E-state index is 0.0272. The molecule has 2 nitrogen and oxygen atoms in total. The van der Waals surface area contributed by atoms with Crippen molar-refractivity contribution in [3.05, 3.63) is 0 Å². The van der Waals surface area contributed by atoms with E-state index in [0.717, 1.165) is 18.8 Å². The van der Waals surface area contributed by atoms with Gasteiger partial charge < -0.3 is 4.74 Å². The molecule has 36 heavy (non-hydrogen) atoms. The van der Waals surface area contributed by atoms with Gasteiger partial charge in [0.15, 0.2) is 0 Å². The van der Waals surface area contributed by atoms with E-state index in [1.165, 1.54) is 161 Å². The van der Waals surface area contributed by atoms with Crippen molar-refractivity contribution in [1.29, 1.82) is 0 Å². The van der Waals surface area contributed by atoms with Crippen molar-refractivity contribution in [1.82, 2.24) is 0 Å². The fourth-order valence-electron chi connectivity index (χ4n) is 5.40. The van der Waals surface area contributed by atoms with Gasteiger partial charge in [0.1, 0.15) is 0 Å². The Kier molecular flexibility index (Phi) is 30.2. The van der Waals surface area contributed by atoms with Crippen molar-refractivity contribution in [2.75, 3.05) is 6.61 Å². The molecule has 216 valence electrons. The Morgan fingerprint density at radius 2 is 0.806 bits per heavy atom. The molecule has 0 heterocycles. The van der Waals surface area contributed by atoms with E-state index in [1.54, 1.807) is 0 Å². The number of esters is 1. The Balaban J connectivity index is 3.48. The molecule has 1 unspecified atom stereocenters. The Morgan fingerprint density at radius 3 is 1.28 bits per heavy atom. The van der Waals surface area contributed by atoms with Crippen molar-refractivity contribution in [2.24, 2.45) is 5.92 Å². The number of carbonyl (C=O) groups is 1. The van der Waals surface area contributed by atoms with Gasteiger partial charge in [-0.15, -0.1) is 0 Å². The van der Waals surface area contributed by atoms with Crippen LogP contribution in [0, 0.1) is 5.92 Å². The summed E-state index contributed by atoms with van der Waals surface area (Å²) in [6.07, 6.45) is 37.1. The highest BCUT2D eigenvalue weighted by atomic mass is 16.5. The third-order valence-electron chi connectivity index (χ3n) is 7.94. The molecule has 0 aromatic carbocycles. The van der Waals surface area contributed by atoms with E-state index in [0.29, 0.717) is 13.0 Å². The summed E-state index contributed by atoms with van der Waals surface area (Å²) < 4.78 is 5.46. The Morgan fingerprint density at radius 1 is 0.444 bits per heavy atom. The smallest absolute Gasteiger partial charge is 0.305 e. The summed E-state index contributed by atoms with van der Waals surface area (Å²) >= 11 is 0. The zero-order valence-electron chi connectivity index (χ0n) is 25.4. The molecule has 1 atom stereocenters. The van der Waals surface area contributed by atoms with Crippen LogP contribution < -0.4 is 0 Å². The monoisotopic (exact) mass is 509 g/mol. The van der Waals surface area contributed by atoms with Gasteiger partial charge in [-0.25, -0.2) is 0 Å². The van der Waals surface area contributed by atoms with Crippen molar-refractivity contribution < 1.29 is 9.53 Å². The van der Waals surface area contributed by atoms with Gasteiger partial charge >= 0.3 is 5.97 Å². The number of hydrogen-bond acceptors (Lipinski definition) is 2. The zero-order chi connectivity index (χ0) is 26.4. The lowest BCUT2D eigenvalue weighted by molar-refractivity contribution is -0.143. The van der Waals surface area contributed by atoms with E-state index in [2.05, 4.69) is 20.8 Å². The summed E-state index contributed by atoms with van der Waals surface area (Å²) in [6, 6.07) is 0. The molecule has 0 rings (SSSR count). The maximum atomic E-state index is 11.9. The summed E-state index contributed by atoms with van der Waals surface area (Å²) in [5.41, 5.74) is 0. The second-order valence-electron chi connectivity index (χ2n) is 11.6. The molecular formula is C34H68O2. The second kappa shape index (κ2) is 30.7. The van der Waals surface area contributed by atoms with Crippen LogP contribution in [0.5, 0.6) is 0 Å². The van der Waals surface area contributed by atoms with Crippen molar-refractivity contribution in [2.45, 2.75) is 201 Å². The van der Waals surface area contributed by atoms with Crippen molar-refractivity contribution >= 4 is 5.97 Å². The van der Waals surface area contributed by atoms with Crippen LogP contribution >= 0.6 is 0 Å². The third-order valence-corrected chi connectivity index (χ3v) is 7.94. The quantitative estimate of drug-likeness (QED) is 0.0712. The summed E-state index contributed by atoms with van der Waals surface area (Å²) in [4.78, 5) is 11.9. The van der Waals surface area contributed by atoms with Crippen LogP contribution in [0.15, 0.2) is 0 Å². The largest absolute Gasteiger partial charge is 0.466 e. The van der Waals surface area contributed by atoms with E-state index in [4.69, 9.17) is 4.74 Å². The maximum Gasteiger partial charge on any atom is 0.305 e. The van der Waals surface area contributed by atoms with Crippen LogP contribution in [0.1, 0.15) is 201 Å². The number of carbonyl (C=O) groups excluding carboxylic acids is 1. The lowest BCUT2D eigenvalue weighted by Crippen LogP contribution is -2.05. The molecule has 0 aliphatic rings. The average molecular weight is 509 g/mol. The number of unbranched alkanes of at least 4 members (excludes halogenated alkanes) is 20. The van der Waals surface area contributed by atoms with Crippen LogP contribution in [0.25, 0.3) is 0 Å². The lowest BCUT2D eigenvalue weighted by atomic mass is 9.90. The molecule has 2 heteroatoms. The SMILES string of the molecule is CCCCCCCCCCCCCC(=O)OCCCCCCCC(CCCC)CCCCCCCC. The molecule has 0 aromatic heterocycles. The molecule has 0 aliphatic heterocycles. The summed E-state index contributed by atoms with van der Waals surface area (Å²) in [5, 5.41) is 0. The van der Waals surface area contributed by atoms with Gasteiger partial charge in [0.05, 0.1) is 6.61 Å². The zero-order valence-corrected chi connectivity index (χ0v) is 25.4. The molecule has 0 spiro atoms. The van der Waals surface area contributed by atoms with E-state index >= 15 is 0 Å². The molecule has 0 radical (unpaired) electrons. The van der Waals surface area contributed by atoms with Gasteiger partial charge in [-0.2, -0.15) is 0 Å². The predicted octanol–water partition coefficient (Wildman–Crippen LogP) is 12.1. The molecule has 0 aliphatic carbocycles. The molecule has 0 aromatic rings. The van der Waals surface area contributed by atoms with E-state index in [1.807, 2.05) is 0 Å². The van der Waals surface area contributed by atoms with Crippen molar-refractivity contribution in [3.63, 3.8) is 0 Å². The van der Waals surface area contributed by atoms with Crippen LogP contribution in [0.2, 0.25) is 0 Å². The Bertz CT molecular complexity index is 419. The molecule has 0 bridgehead atoms. The highest BCUT2D eigenvalue weighted by Gasteiger charge is 2.08. The normalized spacial score (nSPS) is 12.2. The third kappa shape index (κ3) is 28.0. The van der Waals surface area contributed by atoms with Crippen LogP contribution in [-0.2, 0) is 9.53 Å². The highest BCUT2D eigenvalue weighted by Crippen LogP contribution is 2.24. The standard InChI is InChI=1S/C34H68O2/c1-4-7-10-12-14-15-16-17-18-22-26-31-34(35)36-32-27-23-19-21-25-30-33(28-9-6-3)29-24-20-13-11-8-5-2/h33H,4-32H2,1-3H3. The summed E-state index contributed by atoms with van der Waals surface area (Å²) in [7, 11) is 0. The number of rotatable bonds is 30. The fraction of sp³-hybridized carbons (Fsp3) is 0.971. The van der Waals surface area contributed by atoms with Gasteiger partial charge in [0.25, 0.3) is 0 Å². The summed E-state index contributed by atoms with van der Waals surface area (Å²) in [6.45, 7) is 7.54. The Labute approximate surface area is 228 Å². The van der Waals surface area contributed by atoms with Crippen molar-refractivity contribution in [3.8, 4) is 0 Å². The maximum absolute atomic E-state index is 11.9. The minimum atomic E-state index is 0.0272. The first-order chi connectivity index (χ1) is 17.7. The molecule has 0 fully saturated rings. The van der Waals surface area contributed by atoms with E-state index < -0.39 is 0 Å². The van der Waals surface area contributed by atoms with Crippen LogP contribution in [0.4, 0.5) is 0 Å². The molecule has 0 N–H and O–H groups in total. The second-order valence-corrected chi connectivity index (χ2v) is 11.6. The first kappa shape index (κ1) is 35.5. The molecular weight excluding hydrogens is 440 g/mol. The lowest BCUT2D eigenvalue weighted by Gasteiger charge is -2.16. The van der Waals surface area contributed by atoms with E-state index in [9.17, 15) is 4.79 Å². The molecule has 0 amide bonds. The molecule has 0 saturated heterocycles. The fourth-order valence-corrected chi connectivity index (χ4v) is 5.40. The number of hydrogen-bond donors (Lipinski definition) is 0. The highest BCUT2D eigenvalue weighted by molar-refractivity contribution is 5.69. The first-order valence-corrected chi connectivity index (χ1v) is 16.9. The van der Waals surface area contributed by atoms with Gasteiger partial charge in [0, 0.05) is 6.42 Å². The number of ether oxygens (including phenoxy) is 1. The summed E-state index contributed by atoms with van der Waals surface area (Å²) in [5.74, 6) is 0.993. The topological polar surface area (TPSA) is 26.3 Å². The predicted molar refractivity (Wildman–Crippen MR) is 161 cm³/mol. The van der Waals surface area contributed by atoms with Gasteiger partial charge in [-0.05, 0) is 18.8 Å². The van der Waals surface area contributed by atoms with Crippen LogP contribution in [0.3, 0.4) is 0 Å². The van der Waals surface area contributed by atoms with Gasteiger partial charge in [-0.1, -0.05) is 181 Å². The Hall–Kier alpha value is -0.530. The van der Waals surface area contributed by atoms with Crippen LogP contribution in [-0.4, -0.2) is 12.6 Å².